The summed E-state index contributed by atoms with van der Waals surface area (Å²) in [7, 11) is 0. The van der Waals surface area contributed by atoms with Gasteiger partial charge in [0.25, 0.3) is 0 Å². The lowest BCUT2D eigenvalue weighted by Crippen LogP contribution is -2.09. The van der Waals surface area contributed by atoms with Crippen LogP contribution < -0.4 is 0 Å². The van der Waals surface area contributed by atoms with Gasteiger partial charge in [-0.15, -0.1) is 0 Å². The summed E-state index contributed by atoms with van der Waals surface area (Å²) in [6.45, 7) is 1.51. The van der Waals surface area contributed by atoms with Gasteiger partial charge in [-0.05, 0) is 18.2 Å². The molecule has 0 spiro atoms. The number of aromatic nitrogens is 2. The second kappa shape index (κ2) is 5.54. The molecule has 3 nitrogen and oxygen atoms in total. The Hall–Kier alpha value is -2.39. The molecule has 0 N–H and O–H groups in total. The summed E-state index contributed by atoms with van der Waals surface area (Å²) in [4.78, 5) is 11.8. The van der Waals surface area contributed by atoms with E-state index in [4.69, 9.17) is 11.6 Å². The molecule has 2 aromatic carbocycles. The molecule has 0 amide bonds. The van der Waals surface area contributed by atoms with Crippen LogP contribution in [0.3, 0.4) is 0 Å². The van der Waals surface area contributed by atoms with Crippen LogP contribution in [0.1, 0.15) is 11.7 Å². The van der Waals surface area contributed by atoms with Crippen LogP contribution >= 0.6 is 11.6 Å². The first-order chi connectivity index (χ1) is 10.1. The second-order valence-corrected chi connectivity index (χ2v) is 5.15. The number of carbonyl (C=O) groups excluding carboxylic acids is 1. The van der Waals surface area contributed by atoms with Crippen LogP contribution in [0.15, 0.2) is 60.7 Å². The number of hydrogen-bond donors (Lipinski definition) is 0. The van der Waals surface area contributed by atoms with E-state index in [0.717, 1.165) is 22.5 Å². The Morgan fingerprint density at radius 1 is 1.00 bits per heavy atom. The number of benzene rings is 2. The predicted molar refractivity (Wildman–Crippen MR) is 84.4 cm³/mol. The molecule has 0 aliphatic heterocycles. The van der Waals surface area contributed by atoms with Gasteiger partial charge in [0.05, 0.1) is 11.4 Å². The van der Waals surface area contributed by atoms with Gasteiger partial charge in [-0.2, -0.15) is 9.78 Å². The molecule has 0 atom stereocenters. The first-order valence-corrected chi connectivity index (χ1v) is 6.95. The van der Waals surface area contributed by atoms with Crippen molar-refractivity contribution in [3.05, 3.63) is 65.7 Å². The van der Waals surface area contributed by atoms with E-state index in [1.807, 2.05) is 60.7 Å². The van der Waals surface area contributed by atoms with Crippen molar-refractivity contribution in [3.8, 4) is 22.5 Å². The smallest absolute Gasteiger partial charge is 0.244 e. The number of halogens is 1. The summed E-state index contributed by atoms with van der Waals surface area (Å²) >= 11 is 5.90. The fraction of sp³-hybridized carbons (Fsp3) is 0.0588. The van der Waals surface area contributed by atoms with E-state index in [0.29, 0.717) is 5.02 Å². The molecule has 0 saturated heterocycles. The third kappa shape index (κ3) is 2.73. The quantitative estimate of drug-likeness (QED) is 0.696. The Morgan fingerprint density at radius 3 is 2.29 bits per heavy atom. The Morgan fingerprint density at radius 2 is 1.67 bits per heavy atom. The molecule has 3 aromatic rings. The number of nitrogens with zero attached hydrogens (tertiary/aromatic N) is 2. The van der Waals surface area contributed by atoms with E-state index in [1.165, 1.54) is 11.6 Å². The Labute approximate surface area is 127 Å². The van der Waals surface area contributed by atoms with Crippen LogP contribution in [0.5, 0.6) is 0 Å². The molecule has 0 aliphatic rings. The molecule has 3 rings (SSSR count). The first-order valence-electron chi connectivity index (χ1n) is 6.57. The summed E-state index contributed by atoms with van der Waals surface area (Å²) in [6, 6.07) is 19.1. The number of hydrogen-bond acceptors (Lipinski definition) is 2. The highest BCUT2D eigenvalue weighted by molar-refractivity contribution is 6.30. The molecule has 0 aliphatic carbocycles. The third-order valence-electron chi connectivity index (χ3n) is 3.22. The molecule has 0 unspecified atom stereocenters. The molecule has 4 heteroatoms. The third-order valence-corrected chi connectivity index (χ3v) is 3.47. The van der Waals surface area contributed by atoms with Crippen molar-refractivity contribution in [1.82, 2.24) is 9.78 Å². The Kier molecular flexibility index (Phi) is 3.59. The van der Waals surface area contributed by atoms with Gasteiger partial charge in [0.1, 0.15) is 0 Å². The lowest BCUT2D eigenvalue weighted by atomic mass is 10.1. The van der Waals surface area contributed by atoms with Gasteiger partial charge in [-0.1, -0.05) is 54.1 Å². The van der Waals surface area contributed by atoms with E-state index < -0.39 is 0 Å². The van der Waals surface area contributed by atoms with Gasteiger partial charge in [0, 0.05) is 23.1 Å². The maximum Gasteiger partial charge on any atom is 0.244 e. The van der Waals surface area contributed by atoms with Crippen molar-refractivity contribution in [1.29, 1.82) is 0 Å². The SMILES string of the molecule is CC(=O)n1nc(-c2ccc(Cl)cc2)cc1-c1ccccc1. The summed E-state index contributed by atoms with van der Waals surface area (Å²) in [5.41, 5.74) is 3.42. The summed E-state index contributed by atoms with van der Waals surface area (Å²) < 4.78 is 1.43. The van der Waals surface area contributed by atoms with E-state index in [2.05, 4.69) is 5.10 Å². The minimum atomic E-state index is -0.117. The summed E-state index contributed by atoms with van der Waals surface area (Å²) in [6.07, 6.45) is 0. The number of rotatable bonds is 2. The normalized spacial score (nSPS) is 10.6. The zero-order valence-corrected chi connectivity index (χ0v) is 12.2. The molecule has 104 valence electrons. The maximum atomic E-state index is 11.8. The Bertz CT molecular complexity index is 776. The van der Waals surface area contributed by atoms with Gasteiger partial charge in [0.2, 0.25) is 5.91 Å². The van der Waals surface area contributed by atoms with Crippen LogP contribution in [0.4, 0.5) is 0 Å². The standard InChI is InChI=1S/C17H13ClN2O/c1-12(21)20-17(14-5-3-2-4-6-14)11-16(19-20)13-7-9-15(18)10-8-13/h2-11H,1H3. The lowest BCUT2D eigenvalue weighted by Gasteiger charge is -2.02. The van der Waals surface area contributed by atoms with Gasteiger partial charge in [-0.25, -0.2) is 0 Å². The highest BCUT2D eigenvalue weighted by atomic mass is 35.5. The average Bonchev–Trinajstić information content (AvgIpc) is 2.94. The summed E-state index contributed by atoms with van der Waals surface area (Å²) in [5.74, 6) is -0.117. The van der Waals surface area contributed by atoms with Crippen LogP contribution in [-0.4, -0.2) is 15.7 Å². The highest BCUT2D eigenvalue weighted by Crippen LogP contribution is 2.26. The van der Waals surface area contributed by atoms with Crippen LogP contribution in [0, 0.1) is 0 Å². The van der Waals surface area contributed by atoms with Crippen LogP contribution in [0.2, 0.25) is 5.02 Å². The van der Waals surface area contributed by atoms with Gasteiger partial charge in [-0.3, -0.25) is 4.79 Å². The first kappa shape index (κ1) is 13.6. The molecule has 0 radical (unpaired) electrons. The van der Waals surface area contributed by atoms with Gasteiger partial charge in [0.15, 0.2) is 0 Å². The molecule has 1 heterocycles. The largest absolute Gasteiger partial charge is 0.273 e. The maximum absolute atomic E-state index is 11.8. The van der Waals surface area contributed by atoms with E-state index in [-0.39, 0.29) is 5.91 Å². The topological polar surface area (TPSA) is 34.9 Å². The minimum absolute atomic E-state index is 0.117. The van der Waals surface area contributed by atoms with Crippen molar-refractivity contribution in [2.75, 3.05) is 0 Å². The van der Waals surface area contributed by atoms with Crippen molar-refractivity contribution >= 4 is 17.5 Å². The predicted octanol–water partition coefficient (Wildman–Crippen LogP) is 4.53. The van der Waals surface area contributed by atoms with Gasteiger partial charge >= 0.3 is 0 Å². The van der Waals surface area contributed by atoms with E-state index in [9.17, 15) is 4.79 Å². The molecule has 1 aromatic heterocycles. The zero-order valence-electron chi connectivity index (χ0n) is 11.5. The average molecular weight is 297 g/mol. The second-order valence-electron chi connectivity index (χ2n) is 4.72. The van der Waals surface area contributed by atoms with Crippen LogP contribution in [0.25, 0.3) is 22.5 Å². The zero-order chi connectivity index (χ0) is 14.8. The van der Waals surface area contributed by atoms with Gasteiger partial charge < -0.3 is 0 Å². The van der Waals surface area contributed by atoms with Crippen molar-refractivity contribution < 1.29 is 4.79 Å². The molecule has 21 heavy (non-hydrogen) atoms. The summed E-state index contributed by atoms with van der Waals surface area (Å²) in [5, 5.41) is 5.08. The lowest BCUT2D eigenvalue weighted by molar-refractivity contribution is 0.0923. The molecule has 0 bridgehead atoms. The van der Waals surface area contributed by atoms with Crippen molar-refractivity contribution in [2.24, 2.45) is 0 Å². The fourth-order valence-electron chi connectivity index (χ4n) is 2.20. The van der Waals surface area contributed by atoms with E-state index >= 15 is 0 Å². The molecule has 0 saturated carbocycles. The molecular weight excluding hydrogens is 284 g/mol. The monoisotopic (exact) mass is 296 g/mol. The number of carbonyl (C=O) groups is 1. The minimum Gasteiger partial charge on any atom is -0.273 e. The van der Waals surface area contributed by atoms with Crippen LogP contribution in [-0.2, 0) is 0 Å². The highest BCUT2D eigenvalue weighted by Gasteiger charge is 2.13. The van der Waals surface area contributed by atoms with Crippen molar-refractivity contribution in [3.63, 3.8) is 0 Å². The molecular formula is C17H13ClN2O. The Balaban J connectivity index is 2.13. The molecule has 0 fully saturated rings. The fourth-order valence-corrected chi connectivity index (χ4v) is 2.32. The van der Waals surface area contributed by atoms with Crippen molar-refractivity contribution in [2.45, 2.75) is 6.92 Å². The van der Waals surface area contributed by atoms with E-state index in [1.54, 1.807) is 0 Å².